The predicted octanol–water partition coefficient (Wildman–Crippen LogP) is 2.79. The SMILES string of the molecule is CC(C(=O)O)c1ccc(C(=O)c2ccccc2)s1.[Ca+2]. The molecule has 1 aromatic carbocycles. The van der Waals surface area contributed by atoms with E-state index in [0.717, 1.165) is 0 Å². The number of hydrogen-bond donors (Lipinski definition) is 1. The summed E-state index contributed by atoms with van der Waals surface area (Å²) in [6, 6.07) is 12.4. The first-order chi connectivity index (χ1) is 8.59. The molecule has 2 aromatic rings. The van der Waals surface area contributed by atoms with Gasteiger partial charge < -0.3 is 5.11 Å². The van der Waals surface area contributed by atoms with E-state index in [1.165, 1.54) is 11.3 Å². The van der Waals surface area contributed by atoms with Crippen molar-refractivity contribution < 1.29 is 14.7 Å². The summed E-state index contributed by atoms with van der Waals surface area (Å²) in [7, 11) is 0. The van der Waals surface area contributed by atoms with Gasteiger partial charge in [-0.25, -0.2) is 0 Å². The molecule has 1 heterocycles. The maximum Gasteiger partial charge on any atom is 2.00 e. The van der Waals surface area contributed by atoms with Crippen LogP contribution >= 0.6 is 11.3 Å². The Morgan fingerprint density at radius 3 is 2.32 bits per heavy atom. The Morgan fingerprint density at radius 2 is 1.74 bits per heavy atom. The fourth-order valence-electron chi connectivity index (χ4n) is 1.56. The van der Waals surface area contributed by atoms with Crippen LogP contribution in [0.2, 0.25) is 0 Å². The minimum Gasteiger partial charge on any atom is -0.481 e. The van der Waals surface area contributed by atoms with Crippen molar-refractivity contribution >= 4 is 60.8 Å². The molecule has 0 bridgehead atoms. The summed E-state index contributed by atoms with van der Waals surface area (Å²) in [4.78, 5) is 24.3. The molecule has 0 amide bonds. The third kappa shape index (κ3) is 3.89. The Kier molecular flexibility index (Phi) is 6.20. The van der Waals surface area contributed by atoms with Crippen LogP contribution in [0.3, 0.4) is 0 Å². The van der Waals surface area contributed by atoms with Gasteiger partial charge in [-0.15, -0.1) is 11.3 Å². The van der Waals surface area contributed by atoms with Gasteiger partial charge in [-0.2, -0.15) is 0 Å². The number of ketones is 1. The van der Waals surface area contributed by atoms with Gasteiger partial charge in [0.2, 0.25) is 5.78 Å². The Labute approximate surface area is 145 Å². The fraction of sp³-hybridized carbons (Fsp3) is 0.143. The molecule has 0 aliphatic heterocycles. The second-order valence-electron chi connectivity index (χ2n) is 3.96. The van der Waals surface area contributed by atoms with Crippen molar-refractivity contribution in [2.75, 3.05) is 0 Å². The number of rotatable bonds is 4. The standard InChI is InChI=1S/C14H12O3S.Ca/c1-9(14(16)17)11-7-8-12(18-11)13(15)10-5-3-2-4-6-10;/h2-9H,1H3,(H,16,17);/q;+2. The minimum atomic E-state index is -0.879. The smallest absolute Gasteiger partial charge is 0.481 e. The summed E-state index contributed by atoms with van der Waals surface area (Å²) in [5.41, 5.74) is 0.619. The number of aliphatic carboxylic acids is 1. The zero-order chi connectivity index (χ0) is 13.1. The van der Waals surface area contributed by atoms with Crippen molar-refractivity contribution in [2.24, 2.45) is 0 Å². The molecule has 2 rings (SSSR count). The average Bonchev–Trinajstić information content (AvgIpc) is 2.87. The van der Waals surface area contributed by atoms with Crippen LogP contribution in [0.4, 0.5) is 0 Å². The Balaban J connectivity index is 0.00000180. The third-order valence-electron chi connectivity index (χ3n) is 2.68. The molecule has 1 aromatic heterocycles. The van der Waals surface area contributed by atoms with Gasteiger partial charge in [-0.05, 0) is 19.1 Å². The van der Waals surface area contributed by atoms with Crippen molar-refractivity contribution in [1.82, 2.24) is 0 Å². The number of benzene rings is 1. The predicted molar refractivity (Wildman–Crippen MR) is 76.0 cm³/mol. The van der Waals surface area contributed by atoms with Crippen LogP contribution in [0.1, 0.15) is 33.0 Å². The van der Waals surface area contributed by atoms with Crippen molar-refractivity contribution in [1.29, 1.82) is 0 Å². The molecule has 0 saturated carbocycles. The van der Waals surface area contributed by atoms with E-state index >= 15 is 0 Å². The summed E-state index contributed by atoms with van der Waals surface area (Å²) in [6.45, 7) is 1.62. The number of carboxylic acid groups (broad SMARTS) is 1. The molecule has 5 heteroatoms. The fourth-order valence-corrected chi connectivity index (χ4v) is 2.58. The molecule has 19 heavy (non-hydrogen) atoms. The first-order valence-corrected chi connectivity index (χ1v) is 6.33. The number of carbonyl (C=O) groups is 2. The van der Waals surface area contributed by atoms with Gasteiger partial charge >= 0.3 is 43.7 Å². The molecular weight excluding hydrogens is 288 g/mol. The Bertz CT molecular complexity index is 577. The van der Waals surface area contributed by atoms with Gasteiger partial charge in [0.1, 0.15) is 0 Å². The van der Waals surface area contributed by atoms with Gasteiger partial charge in [0.25, 0.3) is 0 Å². The molecule has 0 fully saturated rings. The van der Waals surface area contributed by atoms with Crippen LogP contribution in [0.5, 0.6) is 0 Å². The maximum atomic E-state index is 12.1. The van der Waals surface area contributed by atoms with Gasteiger partial charge in [0.05, 0.1) is 10.8 Å². The molecule has 1 unspecified atom stereocenters. The molecule has 0 radical (unpaired) electrons. The summed E-state index contributed by atoms with van der Waals surface area (Å²) in [6.07, 6.45) is 0. The molecule has 0 spiro atoms. The van der Waals surface area contributed by atoms with Crippen molar-refractivity contribution in [3.63, 3.8) is 0 Å². The minimum absolute atomic E-state index is 0. The molecular formula is C14H12CaO3S+2. The van der Waals surface area contributed by atoms with E-state index in [9.17, 15) is 9.59 Å². The number of carbonyl (C=O) groups excluding carboxylic acids is 1. The van der Waals surface area contributed by atoms with E-state index in [4.69, 9.17) is 5.11 Å². The Hall–Kier alpha value is -0.680. The zero-order valence-electron chi connectivity index (χ0n) is 10.5. The van der Waals surface area contributed by atoms with E-state index in [-0.39, 0.29) is 43.5 Å². The van der Waals surface area contributed by atoms with Crippen LogP contribution < -0.4 is 0 Å². The molecule has 0 saturated heterocycles. The third-order valence-corrected chi connectivity index (χ3v) is 3.95. The Morgan fingerprint density at radius 1 is 1.11 bits per heavy atom. The van der Waals surface area contributed by atoms with E-state index in [2.05, 4.69) is 0 Å². The maximum absolute atomic E-state index is 12.1. The van der Waals surface area contributed by atoms with Gasteiger partial charge in [-0.1, -0.05) is 30.3 Å². The molecule has 1 N–H and O–H groups in total. The van der Waals surface area contributed by atoms with Gasteiger partial charge in [-0.3, -0.25) is 9.59 Å². The molecule has 0 aliphatic rings. The van der Waals surface area contributed by atoms with Crippen LogP contribution in [0, 0.1) is 0 Å². The quantitative estimate of drug-likeness (QED) is 0.698. The van der Waals surface area contributed by atoms with E-state index in [1.54, 1.807) is 31.2 Å². The molecule has 3 nitrogen and oxygen atoms in total. The summed E-state index contributed by atoms with van der Waals surface area (Å²) < 4.78 is 0. The molecule has 1 atom stereocenters. The van der Waals surface area contributed by atoms with E-state index in [0.29, 0.717) is 15.3 Å². The van der Waals surface area contributed by atoms with Gasteiger partial charge in [0, 0.05) is 10.4 Å². The molecule has 0 aliphatic carbocycles. The average molecular weight is 300 g/mol. The van der Waals surface area contributed by atoms with Crippen LogP contribution in [-0.4, -0.2) is 54.6 Å². The first kappa shape index (κ1) is 16.4. The van der Waals surface area contributed by atoms with Crippen molar-refractivity contribution in [3.05, 3.63) is 57.8 Å². The summed E-state index contributed by atoms with van der Waals surface area (Å²) >= 11 is 1.24. The van der Waals surface area contributed by atoms with E-state index in [1.807, 2.05) is 18.2 Å². The van der Waals surface area contributed by atoms with Crippen molar-refractivity contribution in [3.8, 4) is 0 Å². The first-order valence-electron chi connectivity index (χ1n) is 5.52. The number of thiophene rings is 1. The molecule has 92 valence electrons. The number of carboxylic acids is 1. The van der Waals surface area contributed by atoms with Crippen molar-refractivity contribution in [2.45, 2.75) is 12.8 Å². The van der Waals surface area contributed by atoms with E-state index < -0.39 is 11.9 Å². The second kappa shape index (κ2) is 7.20. The van der Waals surface area contributed by atoms with Gasteiger partial charge in [0.15, 0.2) is 0 Å². The second-order valence-corrected chi connectivity index (χ2v) is 5.07. The largest absolute Gasteiger partial charge is 2.00 e. The van der Waals surface area contributed by atoms with Crippen LogP contribution in [0.25, 0.3) is 0 Å². The van der Waals surface area contributed by atoms with Crippen LogP contribution in [-0.2, 0) is 4.79 Å². The number of hydrogen-bond acceptors (Lipinski definition) is 3. The summed E-state index contributed by atoms with van der Waals surface area (Å²) in [5, 5.41) is 8.92. The normalized spacial score (nSPS) is 11.4. The van der Waals surface area contributed by atoms with Crippen LogP contribution in [0.15, 0.2) is 42.5 Å². The summed E-state index contributed by atoms with van der Waals surface area (Å²) in [5.74, 6) is -1.52. The topological polar surface area (TPSA) is 54.4 Å². The monoisotopic (exact) mass is 300 g/mol. The zero-order valence-corrected chi connectivity index (χ0v) is 13.5.